The number of anilines is 1. The summed E-state index contributed by atoms with van der Waals surface area (Å²) in [5, 5.41) is 11.3. The Labute approximate surface area is 138 Å². The number of rotatable bonds is 6. The van der Waals surface area contributed by atoms with Crippen molar-refractivity contribution >= 4 is 28.6 Å². The molecule has 0 spiro atoms. The number of benzene rings is 2. The standard InChI is InChI=1S/C18H17N3O3/c22-17(8-9-18(23)24)20-14-6-7-16-15(10-14)19-12-21(16)11-13-4-2-1-3-5-13/h1-7,10,12H,8-9,11H2,(H,20,22)(H,23,24). The molecule has 122 valence electrons. The fourth-order valence-corrected chi connectivity index (χ4v) is 2.49. The van der Waals surface area contributed by atoms with Crippen LogP contribution >= 0.6 is 0 Å². The highest BCUT2D eigenvalue weighted by molar-refractivity contribution is 5.94. The number of imidazole rings is 1. The molecule has 0 atom stereocenters. The van der Waals surface area contributed by atoms with Gasteiger partial charge in [0.1, 0.15) is 0 Å². The van der Waals surface area contributed by atoms with Crippen LogP contribution in [0.25, 0.3) is 11.0 Å². The number of aromatic nitrogens is 2. The number of nitrogens with one attached hydrogen (secondary N) is 1. The molecule has 6 heteroatoms. The molecule has 6 nitrogen and oxygen atoms in total. The summed E-state index contributed by atoms with van der Waals surface area (Å²) in [5.41, 5.74) is 3.55. The van der Waals surface area contributed by atoms with E-state index in [0.29, 0.717) is 5.69 Å². The lowest BCUT2D eigenvalue weighted by Crippen LogP contribution is -2.13. The van der Waals surface area contributed by atoms with Crippen LogP contribution in [-0.4, -0.2) is 26.5 Å². The zero-order valence-electron chi connectivity index (χ0n) is 13.0. The second-order valence-electron chi connectivity index (χ2n) is 5.50. The van der Waals surface area contributed by atoms with Gasteiger partial charge in [-0.25, -0.2) is 4.98 Å². The monoisotopic (exact) mass is 323 g/mol. The van der Waals surface area contributed by atoms with Crippen LogP contribution in [0.5, 0.6) is 0 Å². The highest BCUT2D eigenvalue weighted by atomic mass is 16.4. The van der Waals surface area contributed by atoms with Gasteiger partial charge in [0.15, 0.2) is 0 Å². The van der Waals surface area contributed by atoms with Gasteiger partial charge < -0.3 is 15.0 Å². The third-order valence-corrected chi connectivity index (χ3v) is 3.67. The average molecular weight is 323 g/mol. The first-order chi connectivity index (χ1) is 11.6. The molecule has 0 aliphatic carbocycles. The fourth-order valence-electron chi connectivity index (χ4n) is 2.49. The van der Waals surface area contributed by atoms with E-state index >= 15 is 0 Å². The lowest BCUT2D eigenvalue weighted by Gasteiger charge is -2.06. The zero-order valence-corrected chi connectivity index (χ0v) is 13.0. The SMILES string of the molecule is O=C(O)CCC(=O)Nc1ccc2c(c1)ncn2Cc1ccccc1. The lowest BCUT2D eigenvalue weighted by molar-refractivity contribution is -0.138. The number of fused-ring (bicyclic) bond motifs is 1. The Morgan fingerprint density at radius 1 is 1.08 bits per heavy atom. The molecule has 0 fully saturated rings. The molecule has 2 N–H and O–H groups in total. The van der Waals surface area contributed by atoms with Gasteiger partial charge in [-0.1, -0.05) is 30.3 Å². The van der Waals surface area contributed by atoms with Crippen molar-refractivity contribution in [1.82, 2.24) is 9.55 Å². The van der Waals surface area contributed by atoms with Gasteiger partial charge in [0.25, 0.3) is 0 Å². The van der Waals surface area contributed by atoms with Crippen molar-refractivity contribution in [3.05, 3.63) is 60.4 Å². The summed E-state index contributed by atoms with van der Waals surface area (Å²) in [6.07, 6.45) is 1.54. The third-order valence-electron chi connectivity index (χ3n) is 3.67. The number of hydrogen-bond donors (Lipinski definition) is 2. The predicted octanol–water partition coefficient (Wildman–Crippen LogP) is 2.89. The largest absolute Gasteiger partial charge is 0.481 e. The smallest absolute Gasteiger partial charge is 0.303 e. The Morgan fingerprint density at radius 3 is 2.62 bits per heavy atom. The molecule has 0 unspecified atom stereocenters. The molecular weight excluding hydrogens is 306 g/mol. The molecule has 1 amide bonds. The van der Waals surface area contributed by atoms with E-state index in [-0.39, 0.29) is 18.7 Å². The molecule has 0 bridgehead atoms. The van der Waals surface area contributed by atoms with Gasteiger partial charge >= 0.3 is 5.97 Å². The Balaban J connectivity index is 1.73. The highest BCUT2D eigenvalue weighted by Crippen LogP contribution is 2.19. The maximum Gasteiger partial charge on any atom is 0.303 e. The van der Waals surface area contributed by atoms with Gasteiger partial charge in [-0.3, -0.25) is 9.59 Å². The van der Waals surface area contributed by atoms with Crippen molar-refractivity contribution in [3.63, 3.8) is 0 Å². The van der Waals surface area contributed by atoms with Crippen LogP contribution in [0.4, 0.5) is 5.69 Å². The van der Waals surface area contributed by atoms with E-state index in [1.54, 1.807) is 18.5 Å². The van der Waals surface area contributed by atoms with E-state index < -0.39 is 5.97 Å². The lowest BCUT2D eigenvalue weighted by atomic mass is 10.2. The second kappa shape index (κ2) is 6.95. The first-order valence-corrected chi connectivity index (χ1v) is 7.62. The molecule has 24 heavy (non-hydrogen) atoms. The quantitative estimate of drug-likeness (QED) is 0.730. The summed E-state index contributed by atoms with van der Waals surface area (Å²) in [5.74, 6) is -1.30. The molecule has 0 aliphatic rings. The molecular formula is C18H17N3O3. The van der Waals surface area contributed by atoms with Gasteiger partial charge in [-0.15, -0.1) is 0 Å². The molecule has 3 rings (SSSR count). The van der Waals surface area contributed by atoms with Crippen molar-refractivity contribution in [2.45, 2.75) is 19.4 Å². The van der Waals surface area contributed by atoms with Crippen LogP contribution in [0.3, 0.4) is 0 Å². The van der Waals surface area contributed by atoms with Crippen LogP contribution < -0.4 is 5.32 Å². The topological polar surface area (TPSA) is 84.2 Å². The molecule has 3 aromatic rings. The van der Waals surface area contributed by atoms with Crippen molar-refractivity contribution in [2.75, 3.05) is 5.32 Å². The number of aliphatic carboxylic acids is 1. The predicted molar refractivity (Wildman–Crippen MR) is 90.8 cm³/mol. The number of carboxylic acid groups (broad SMARTS) is 1. The van der Waals surface area contributed by atoms with Crippen molar-refractivity contribution in [3.8, 4) is 0 Å². The van der Waals surface area contributed by atoms with E-state index in [0.717, 1.165) is 17.6 Å². The zero-order chi connectivity index (χ0) is 16.9. The fraction of sp³-hybridized carbons (Fsp3) is 0.167. The van der Waals surface area contributed by atoms with Gasteiger partial charge in [-0.05, 0) is 23.8 Å². The van der Waals surface area contributed by atoms with E-state index in [1.165, 1.54) is 5.56 Å². The van der Waals surface area contributed by atoms with Crippen molar-refractivity contribution < 1.29 is 14.7 Å². The normalized spacial score (nSPS) is 10.7. The van der Waals surface area contributed by atoms with Crippen molar-refractivity contribution in [2.24, 2.45) is 0 Å². The highest BCUT2D eigenvalue weighted by Gasteiger charge is 2.08. The number of amides is 1. The Bertz CT molecular complexity index is 872. The van der Waals surface area contributed by atoms with Gasteiger partial charge in [0.2, 0.25) is 5.91 Å². The summed E-state index contributed by atoms with van der Waals surface area (Å²) in [6, 6.07) is 15.6. The van der Waals surface area contributed by atoms with Gasteiger partial charge in [0.05, 0.1) is 23.8 Å². The van der Waals surface area contributed by atoms with Crippen LogP contribution in [0.2, 0.25) is 0 Å². The van der Waals surface area contributed by atoms with Crippen molar-refractivity contribution in [1.29, 1.82) is 0 Å². The van der Waals surface area contributed by atoms with Crippen LogP contribution in [0.15, 0.2) is 54.9 Å². The Morgan fingerprint density at radius 2 is 1.88 bits per heavy atom. The summed E-state index contributed by atoms with van der Waals surface area (Å²) in [6.45, 7) is 0.724. The molecule has 1 aromatic heterocycles. The first kappa shape index (κ1) is 15.7. The minimum Gasteiger partial charge on any atom is -0.481 e. The Hall–Kier alpha value is -3.15. The van der Waals surface area contributed by atoms with E-state index in [9.17, 15) is 9.59 Å². The average Bonchev–Trinajstić information content (AvgIpc) is 2.96. The summed E-state index contributed by atoms with van der Waals surface area (Å²) in [4.78, 5) is 26.6. The Kier molecular flexibility index (Phi) is 4.56. The molecule has 0 aliphatic heterocycles. The van der Waals surface area contributed by atoms with Gasteiger partial charge in [0, 0.05) is 18.7 Å². The summed E-state index contributed by atoms with van der Waals surface area (Å²) in [7, 11) is 0. The van der Waals surface area contributed by atoms with Crippen LogP contribution in [-0.2, 0) is 16.1 Å². The van der Waals surface area contributed by atoms with Crippen LogP contribution in [0, 0.1) is 0 Å². The number of nitrogens with zero attached hydrogens (tertiary/aromatic N) is 2. The van der Waals surface area contributed by atoms with Gasteiger partial charge in [-0.2, -0.15) is 0 Å². The number of carboxylic acids is 1. The number of hydrogen-bond acceptors (Lipinski definition) is 3. The molecule has 2 aromatic carbocycles. The molecule has 1 heterocycles. The minimum absolute atomic E-state index is 0.0458. The van der Waals surface area contributed by atoms with E-state index in [4.69, 9.17) is 5.11 Å². The maximum absolute atomic E-state index is 11.7. The number of carbonyl (C=O) groups excluding carboxylic acids is 1. The van der Waals surface area contributed by atoms with E-state index in [2.05, 4.69) is 22.4 Å². The second-order valence-corrected chi connectivity index (χ2v) is 5.50. The number of carbonyl (C=O) groups is 2. The molecule has 0 saturated carbocycles. The van der Waals surface area contributed by atoms with Crippen LogP contribution in [0.1, 0.15) is 18.4 Å². The first-order valence-electron chi connectivity index (χ1n) is 7.62. The summed E-state index contributed by atoms with van der Waals surface area (Å²) < 4.78 is 2.04. The molecule has 0 saturated heterocycles. The van der Waals surface area contributed by atoms with E-state index in [1.807, 2.05) is 28.8 Å². The molecule has 0 radical (unpaired) electrons. The minimum atomic E-state index is -0.986. The third kappa shape index (κ3) is 3.78. The summed E-state index contributed by atoms with van der Waals surface area (Å²) >= 11 is 0. The maximum atomic E-state index is 11.7.